The van der Waals surface area contributed by atoms with E-state index in [4.69, 9.17) is 23.2 Å². The number of benzene rings is 1. The summed E-state index contributed by atoms with van der Waals surface area (Å²) in [5, 5.41) is 0.963. The lowest BCUT2D eigenvalue weighted by Gasteiger charge is -2.23. The number of rotatable bonds is 5. The van der Waals surface area contributed by atoms with Gasteiger partial charge in [0.1, 0.15) is 0 Å². The highest BCUT2D eigenvalue weighted by Gasteiger charge is 2.16. The Morgan fingerprint density at radius 1 is 1.35 bits per heavy atom. The SMILES string of the molecule is CCN(CC(=O)c1ccc(Cl)cc1Cl)C(C)C. The molecule has 0 N–H and O–H groups in total. The van der Waals surface area contributed by atoms with Gasteiger partial charge in [-0.2, -0.15) is 0 Å². The topological polar surface area (TPSA) is 20.3 Å². The van der Waals surface area contributed by atoms with Crippen LogP contribution >= 0.6 is 23.2 Å². The van der Waals surface area contributed by atoms with E-state index in [1.807, 2.05) is 6.92 Å². The van der Waals surface area contributed by atoms with Crippen LogP contribution in [0.15, 0.2) is 18.2 Å². The highest BCUT2D eigenvalue weighted by molar-refractivity contribution is 6.36. The van der Waals surface area contributed by atoms with Crippen molar-refractivity contribution in [2.75, 3.05) is 13.1 Å². The summed E-state index contributed by atoms with van der Waals surface area (Å²) in [7, 11) is 0. The molecule has 0 atom stereocenters. The zero-order valence-corrected chi connectivity index (χ0v) is 11.8. The van der Waals surface area contributed by atoms with Crippen molar-refractivity contribution in [2.24, 2.45) is 0 Å². The first-order valence-corrected chi connectivity index (χ1v) is 6.43. The van der Waals surface area contributed by atoms with Crippen LogP contribution < -0.4 is 0 Å². The Labute approximate surface area is 113 Å². The molecule has 0 heterocycles. The van der Waals surface area contributed by atoms with Crippen molar-refractivity contribution in [1.29, 1.82) is 0 Å². The van der Waals surface area contributed by atoms with Crippen molar-refractivity contribution < 1.29 is 4.79 Å². The third-order valence-corrected chi connectivity index (χ3v) is 3.26. The van der Waals surface area contributed by atoms with Crippen molar-refractivity contribution in [2.45, 2.75) is 26.8 Å². The Balaban J connectivity index is 2.82. The minimum absolute atomic E-state index is 0.0298. The van der Waals surface area contributed by atoms with Crippen molar-refractivity contribution in [1.82, 2.24) is 4.90 Å². The number of likely N-dealkylation sites (N-methyl/N-ethyl adjacent to an activating group) is 1. The zero-order valence-electron chi connectivity index (χ0n) is 10.3. The second-order valence-corrected chi connectivity index (χ2v) is 5.05. The molecule has 0 unspecified atom stereocenters. The van der Waals surface area contributed by atoms with Crippen LogP contribution in [0.5, 0.6) is 0 Å². The van der Waals surface area contributed by atoms with Crippen molar-refractivity contribution in [3.8, 4) is 0 Å². The van der Waals surface area contributed by atoms with E-state index in [1.165, 1.54) is 0 Å². The Morgan fingerprint density at radius 3 is 2.47 bits per heavy atom. The van der Waals surface area contributed by atoms with Crippen LogP contribution in [0.1, 0.15) is 31.1 Å². The van der Waals surface area contributed by atoms with E-state index in [9.17, 15) is 4.79 Å². The Kier molecular flexibility index (Phi) is 5.44. The van der Waals surface area contributed by atoms with Gasteiger partial charge < -0.3 is 0 Å². The van der Waals surface area contributed by atoms with Gasteiger partial charge in [0.05, 0.1) is 11.6 Å². The maximum atomic E-state index is 12.1. The molecule has 0 fully saturated rings. The minimum atomic E-state index is 0.0298. The molecule has 0 aliphatic carbocycles. The number of Topliss-reactive ketones (excluding diaryl/α,β-unsaturated/α-hetero) is 1. The summed E-state index contributed by atoms with van der Waals surface area (Å²) in [6, 6.07) is 5.31. The quantitative estimate of drug-likeness (QED) is 0.759. The number of hydrogen-bond acceptors (Lipinski definition) is 2. The second kappa shape index (κ2) is 6.39. The van der Waals surface area contributed by atoms with Crippen LogP contribution in [-0.4, -0.2) is 29.8 Å². The second-order valence-electron chi connectivity index (χ2n) is 4.20. The lowest BCUT2D eigenvalue weighted by atomic mass is 10.1. The fourth-order valence-corrected chi connectivity index (χ4v) is 2.16. The van der Waals surface area contributed by atoms with Crippen molar-refractivity contribution >= 4 is 29.0 Å². The molecule has 0 aromatic heterocycles. The Morgan fingerprint density at radius 2 is 2.00 bits per heavy atom. The minimum Gasteiger partial charge on any atom is -0.294 e. The van der Waals surface area contributed by atoms with Gasteiger partial charge in [-0.3, -0.25) is 9.69 Å². The molecule has 1 aromatic rings. The summed E-state index contributed by atoms with van der Waals surface area (Å²) < 4.78 is 0. The number of halogens is 2. The third-order valence-electron chi connectivity index (χ3n) is 2.71. The van der Waals surface area contributed by atoms with Crippen molar-refractivity contribution in [3.05, 3.63) is 33.8 Å². The van der Waals surface area contributed by atoms with Gasteiger partial charge in [0.15, 0.2) is 5.78 Å². The van der Waals surface area contributed by atoms with Crippen LogP contribution in [0, 0.1) is 0 Å². The standard InChI is InChI=1S/C13H17Cl2NO/c1-4-16(9(2)3)8-13(17)11-6-5-10(14)7-12(11)15/h5-7,9H,4,8H2,1-3H3. The van der Waals surface area contributed by atoms with Gasteiger partial charge in [0, 0.05) is 16.6 Å². The first-order valence-electron chi connectivity index (χ1n) is 5.68. The number of carbonyl (C=O) groups is 1. The van der Waals surface area contributed by atoms with E-state index < -0.39 is 0 Å². The van der Waals surface area contributed by atoms with Crippen LogP contribution in [0.2, 0.25) is 10.0 Å². The molecule has 0 saturated heterocycles. The molecule has 0 saturated carbocycles. The molecule has 0 aliphatic heterocycles. The molecule has 0 radical (unpaired) electrons. The summed E-state index contributed by atoms with van der Waals surface area (Å²) in [4.78, 5) is 14.2. The summed E-state index contributed by atoms with van der Waals surface area (Å²) in [5.41, 5.74) is 0.537. The van der Waals surface area contributed by atoms with E-state index in [-0.39, 0.29) is 5.78 Å². The molecule has 4 heteroatoms. The lowest BCUT2D eigenvalue weighted by molar-refractivity contribution is 0.0911. The lowest BCUT2D eigenvalue weighted by Crippen LogP contribution is -2.35. The molecule has 1 rings (SSSR count). The predicted octanol–water partition coefficient (Wildman–Crippen LogP) is 3.91. The first-order chi connectivity index (χ1) is 7.95. The third kappa shape index (κ3) is 3.98. The van der Waals surface area contributed by atoms with Gasteiger partial charge in [0.25, 0.3) is 0 Å². The highest BCUT2D eigenvalue weighted by atomic mass is 35.5. The van der Waals surface area contributed by atoms with Gasteiger partial charge in [-0.05, 0) is 38.6 Å². The number of ketones is 1. The van der Waals surface area contributed by atoms with E-state index in [2.05, 4.69) is 18.7 Å². The van der Waals surface area contributed by atoms with Gasteiger partial charge in [-0.15, -0.1) is 0 Å². The molecule has 17 heavy (non-hydrogen) atoms. The summed E-state index contributed by atoms with van der Waals surface area (Å²) >= 11 is 11.8. The molecule has 0 bridgehead atoms. The van der Waals surface area contributed by atoms with Crippen LogP contribution in [0.3, 0.4) is 0 Å². The van der Waals surface area contributed by atoms with Gasteiger partial charge in [0.2, 0.25) is 0 Å². The van der Waals surface area contributed by atoms with Gasteiger partial charge in [-0.1, -0.05) is 30.1 Å². The average molecular weight is 274 g/mol. The Hall–Kier alpha value is -0.570. The summed E-state index contributed by atoms with van der Waals surface area (Å²) in [6.45, 7) is 7.40. The van der Waals surface area contributed by atoms with E-state index in [0.29, 0.717) is 28.2 Å². The number of hydrogen-bond donors (Lipinski definition) is 0. The summed E-state index contributed by atoms with van der Waals surface area (Å²) in [6.07, 6.45) is 0. The smallest absolute Gasteiger partial charge is 0.178 e. The predicted molar refractivity (Wildman–Crippen MR) is 73.2 cm³/mol. The molecular formula is C13H17Cl2NO. The fraction of sp³-hybridized carbons (Fsp3) is 0.462. The zero-order chi connectivity index (χ0) is 13.0. The average Bonchev–Trinajstić information content (AvgIpc) is 2.24. The maximum Gasteiger partial charge on any atom is 0.178 e. The van der Waals surface area contributed by atoms with Crippen LogP contribution in [0.25, 0.3) is 0 Å². The molecule has 2 nitrogen and oxygen atoms in total. The monoisotopic (exact) mass is 273 g/mol. The van der Waals surface area contributed by atoms with Gasteiger partial charge in [-0.25, -0.2) is 0 Å². The number of nitrogens with zero attached hydrogens (tertiary/aromatic N) is 1. The molecule has 0 spiro atoms. The van der Waals surface area contributed by atoms with E-state index >= 15 is 0 Å². The molecule has 1 aromatic carbocycles. The normalized spacial score (nSPS) is 11.2. The van der Waals surface area contributed by atoms with Gasteiger partial charge >= 0.3 is 0 Å². The molecule has 0 aliphatic rings. The molecule has 0 amide bonds. The van der Waals surface area contributed by atoms with Crippen LogP contribution in [0.4, 0.5) is 0 Å². The maximum absolute atomic E-state index is 12.1. The molecular weight excluding hydrogens is 257 g/mol. The van der Waals surface area contributed by atoms with Crippen LogP contribution in [-0.2, 0) is 0 Å². The highest BCUT2D eigenvalue weighted by Crippen LogP contribution is 2.21. The summed E-state index contributed by atoms with van der Waals surface area (Å²) in [5.74, 6) is 0.0298. The van der Waals surface area contributed by atoms with E-state index in [1.54, 1.807) is 18.2 Å². The largest absolute Gasteiger partial charge is 0.294 e. The molecule has 94 valence electrons. The Bertz CT molecular complexity index is 404. The first kappa shape index (κ1) is 14.5. The van der Waals surface area contributed by atoms with Crippen molar-refractivity contribution in [3.63, 3.8) is 0 Å². The fourth-order valence-electron chi connectivity index (χ4n) is 1.64. The number of carbonyl (C=O) groups excluding carboxylic acids is 1. The van der Waals surface area contributed by atoms with E-state index in [0.717, 1.165) is 6.54 Å².